The van der Waals surface area contributed by atoms with Gasteiger partial charge < -0.3 is 14.1 Å². The molecule has 1 fully saturated rings. The maximum absolute atomic E-state index is 13.1. The molecule has 7 nitrogen and oxygen atoms in total. The van der Waals surface area contributed by atoms with Gasteiger partial charge in [0.1, 0.15) is 5.82 Å². The fraction of sp³-hybridized carbons (Fsp3) is 0.318. The highest BCUT2D eigenvalue weighted by atomic mass is 16.4. The van der Waals surface area contributed by atoms with Crippen LogP contribution in [0.5, 0.6) is 0 Å². The van der Waals surface area contributed by atoms with Gasteiger partial charge in [0.15, 0.2) is 11.3 Å². The summed E-state index contributed by atoms with van der Waals surface area (Å²) in [6.45, 7) is 0. The van der Waals surface area contributed by atoms with Crippen molar-refractivity contribution in [3.63, 3.8) is 0 Å². The summed E-state index contributed by atoms with van der Waals surface area (Å²) in [7, 11) is 1.64. The number of pyridine rings is 1. The van der Waals surface area contributed by atoms with Crippen LogP contribution in [0.2, 0.25) is 0 Å². The van der Waals surface area contributed by atoms with E-state index in [0.717, 1.165) is 24.2 Å². The molecule has 3 aromatic heterocycles. The lowest BCUT2D eigenvalue weighted by atomic mass is 9.89. The molecule has 0 unspecified atom stereocenters. The lowest BCUT2D eigenvalue weighted by molar-refractivity contribution is 0.102. The second-order valence-electron chi connectivity index (χ2n) is 7.67. The molecule has 0 aliphatic heterocycles. The van der Waals surface area contributed by atoms with Crippen molar-refractivity contribution in [2.75, 3.05) is 5.32 Å². The zero-order chi connectivity index (χ0) is 20.0. The van der Waals surface area contributed by atoms with Crippen LogP contribution in [0.4, 0.5) is 5.69 Å². The van der Waals surface area contributed by atoms with Gasteiger partial charge in [-0.05, 0) is 43.2 Å². The van der Waals surface area contributed by atoms with Crippen LogP contribution in [0.3, 0.4) is 0 Å². The SMILES string of the molecule is Cn1c(=O)oc2ccc(NC(=O)c3nc(C4CCCCC4)n4ccccc34)cc21. The molecule has 0 radical (unpaired) electrons. The lowest BCUT2D eigenvalue weighted by Crippen LogP contribution is -2.13. The quantitative estimate of drug-likeness (QED) is 0.571. The highest BCUT2D eigenvalue weighted by Crippen LogP contribution is 2.33. The van der Waals surface area contributed by atoms with Gasteiger partial charge >= 0.3 is 5.76 Å². The topological polar surface area (TPSA) is 81.5 Å². The van der Waals surface area contributed by atoms with Gasteiger partial charge in [0.2, 0.25) is 0 Å². The van der Waals surface area contributed by atoms with E-state index >= 15 is 0 Å². The fourth-order valence-corrected chi connectivity index (χ4v) is 4.27. The van der Waals surface area contributed by atoms with Crippen LogP contribution in [0, 0.1) is 0 Å². The number of fused-ring (bicyclic) bond motifs is 2. The first-order valence-corrected chi connectivity index (χ1v) is 10.00. The van der Waals surface area contributed by atoms with Gasteiger partial charge in [0.25, 0.3) is 5.91 Å². The molecular weight excluding hydrogens is 368 g/mol. The standard InChI is InChI=1S/C22H22N4O3/c1-25-17-13-15(10-11-18(17)29-22(25)28)23-21(27)19-16-9-5-6-12-26(16)20(24-19)14-7-3-2-4-8-14/h5-6,9-14H,2-4,7-8H2,1H3,(H,23,27). The number of nitrogens with one attached hydrogen (secondary N) is 1. The molecule has 29 heavy (non-hydrogen) atoms. The van der Waals surface area contributed by atoms with Gasteiger partial charge in [-0.3, -0.25) is 9.36 Å². The molecule has 0 atom stereocenters. The second kappa shape index (κ2) is 6.92. The molecule has 1 N–H and O–H groups in total. The number of benzene rings is 1. The Hall–Kier alpha value is -3.35. The third kappa shape index (κ3) is 3.03. The molecule has 1 aliphatic carbocycles. The van der Waals surface area contributed by atoms with Gasteiger partial charge in [0.05, 0.1) is 11.0 Å². The Morgan fingerprint density at radius 1 is 1.14 bits per heavy atom. The predicted molar refractivity (Wildman–Crippen MR) is 110 cm³/mol. The smallest absolute Gasteiger partial charge is 0.408 e. The van der Waals surface area contributed by atoms with Crippen molar-refractivity contribution in [3.8, 4) is 0 Å². The van der Waals surface area contributed by atoms with Crippen LogP contribution >= 0.6 is 0 Å². The fourth-order valence-electron chi connectivity index (χ4n) is 4.27. The third-order valence-electron chi connectivity index (χ3n) is 5.81. The van der Waals surface area contributed by atoms with Crippen LogP contribution in [-0.4, -0.2) is 19.9 Å². The molecule has 1 amide bonds. The summed E-state index contributed by atoms with van der Waals surface area (Å²) < 4.78 is 8.61. The number of amides is 1. The lowest BCUT2D eigenvalue weighted by Gasteiger charge is -2.20. The van der Waals surface area contributed by atoms with Crippen LogP contribution < -0.4 is 11.1 Å². The molecule has 3 heterocycles. The van der Waals surface area contributed by atoms with Crippen LogP contribution in [0.15, 0.2) is 51.8 Å². The minimum Gasteiger partial charge on any atom is -0.408 e. The summed E-state index contributed by atoms with van der Waals surface area (Å²) in [4.78, 5) is 29.5. The van der Waals surface area contributed by atoms with Crippen molar-refractivity contribution in [2.45, 2.75) is 38.0 Å². The molecule has 5 rings (SSSR count). The Kier molecular flexibility index (Phi) is 4.23. The molecule has 0 saturated heterocycles. The summed E-state index contributed by atoms with van der Waals surface area (Å²) >= 11 is 0. The van der Waals surface area contributed by atoms with E-state index < -0.39 is 5.76 Å². The van der Waals surface area contributed by atoms with E-state index in [-0.39, 0.29) is 5.91 Å². The van der Waals surface area contributed by atoms with Crippen molar-refractivity contribution in [1.29, 1.82) is 0 Å². The summed E-state index contributed by atoms with van der Waals surface area (Å²) in [5, 5.41) is 2.92. The number of aromatic nitrogens is 3. The average Bonchev–Trinajstić information content (AvgIpc) is 3.27. The number of nitrogens with zero attached hydrogens (tertiary/aromatic N) is 3. The highest BCUT2D eigenvalue weighted by molar-refractivity contribution is 6.08. The molecule has 0 bridgehead atoms. The number of oxazole rings is 1. The summed E-state index contributed by atoms with van der Waals surface area (Å²) in [5.41, 5.74) is 2.94. The van der Waals surface area contributed by atoms with Crippen LogP contribution in [0.25, 0.3) is 16.6 Å². The zero-order valence-corrected chi connectivity index (χ0v) is 16.2. The molecule has 1 saturated carbocycles. The molecule has 1 aromatic carbocycles. The van der Waals surface area contributed by atoms with Gasteiger partial charge in [0, 0.05) is 24.8 Å². The molecule has 148 valence electrons. The first-order valence-electron chi connectivity index (χ1n) is 10.00. The summed E-state index contributed by atoms with van der Waals surface area (Å²) in [6.07, 6.45) is 7.89. The zero-order valence-electron chi connectivity index (χ0n) is 16.2. The Morgan fingerprint density at radius 3 is 2.79 bits per heavy atom. The van der Waals surface area contributed by atoms with Crippen molar-refractivity contribution < 1.29 is 9.21 Å². The van der Waals surface area contributed by atoms with Gasteiger partial charge in [-0.25, -0.2) is 9.78 Å². The van der Waals surface area contributed by atoms with E-state index in [1.807, 2.05) is 28.8 Å². The molecule has 0 spiro atoms. The minimum atomic E-state index is -0.430. The van der Waals surface area contributed by atoms with Crippen LogP contribution in [0.1, 0.15) is 54.3 Å². The average molecular weight is 390 g/mol. The maximum atomic E-state index is 13.1. The van der Waals surface area contributed by atoms with Crippen molar-refractivity contribution in [2.24, 2.45) is 7.05 Å². The normalized spacial score (nSPS) is 15.2. The van der Waals surface area contributed by atoms with Gasteiger partial charge in [-0.1, -0.05) is 25.3 Å². The van der Waals surface area contributed by atoms with E-state index in [0.29, 0.717) is 28.4 Å². The molecule has 7 heteroatoms. The number of imidazole rings is 1. The van der Waals surface area contributed by atoms with Crippen molar-refractivity contribution in [3.05, 3.63) is 64.7 Å². The number of rotatable bonds is 3. The molecule has 1 aliphatic rings. The largest absolute Gasteiger partial charge is 0.419 e. The van der Waals surface area contributed by atoms with E-state index in [1.165, 1.54) is 23.8 Å². The third-order valence-corrected chi connectivity index (χ3v) is 5.81. The Bertz CT molecular complexity index is 1270. The van der Waals surface area contributed by atoms with E-state index in [9.17, 15) is 9.59 Å². The monoisotopic (exact) mass is 390 g/mol. The first kappa shape index (κ1) is 17.7. The molecule has 4 aromatic rings. The van der Waals surface area contributed by atoms with E-state index in [4.69, 9.17) is 9.40 Å². The number of carbonyl (C=O) groups is 1. The second-order valence-corrected chi connectivity index (χ2v) is 7.67. The van der Waals surface area contributed by atoms with Crippen molar-refractivity contribution in [1.82, 2.24) is 14.0 Å². The maximum Gasteiger partial charge on any atom is 0.419 e. The summed E-state index contributed by atoms with van der Waals surface area (Å²) in [6, 6.07) is 11.0. The Balaban J connectivity index is 1.51. The molecular formula is C22H22N4O3. The number of anilines is 1. The number of hydrogen-bond donors (Lipinski definition) is 1. The first-order chi connectivity index (χ1) is 14.1. The number of hydrogen-bond acceptors (Lipinski definition) is 4. The predicted octanol–water partition coefficient (Wildman–Crippen LogP) is 4.08. The minimum absolute atomic E-state index is 0.261. The van der Waals surface area contributed by atoms with E-state index in [1.54, 1.807) is 25.2 Å². The number of aryl methyl sites for hydroxylation is 1. The number of carbonyl (C=O) groups excluding carboxylic acids is 1. The van der Waals surface area contributed by atoms with Crippen molar-refractivity contribution >= 4 is 28.2 Å². The van der Waals surface area contributed by atoms with Crippen LogP contribution in [-0.2, 0) is 7.05 Å². The van der Waals surface area contributed by atoms with Gasteiger partial charge in [-0.2, -0.15) is 0 Å². The van der Waals surface area contributed by atoms with E-state index in [2.05, 4.69) is 5.32 Å². The summed E-state index contributed by atoms with van der Waals surface area (Å²) in [5.74, 6) is 0.666. The Morgan fingerprint density at radius 2 is 1.97 bits per heavy atom. The van der Waals surface area contributed by atoms with Gasteiger partial charge in [-0.15, -0.1) is 0 Å². The Labute approximate surface area is 167 Å². The highest BCUT2D eigenvalue weighted by Gasteiger charge is 2.24.